The lowest BCUT2D eigenvalue weighted by molar-refractivity contribution is 0.281. The van der Waals surface area contributed by atoms with Crippen molar-refractivity contribution in [2.24, 2.45) is 0 Å². The Morgan fingerprint density at radius 1 is 1.12 bits per heavy atom. The maximum atomic E-state index is 9.27. The normalized spacial score (nSPS) is 11.8. The summed E-state index contributed by atoms with van der Waals surface area (Å²) in [7, 11) is 0. The topological polar surface area (TPSA) is 83.0 Å². The van der Waals surface area contributed by atoms with E-state index in [9.17, 15) is 5.11 Å². The molecular weight excluding hydrogens is 373 g/mol. The number of nitrogens with zero attached hydrogens (tertiary/aromatic N) is 3. The van der Waals surface area contributed by atoms with Crippen LogP contribution in [0.1, 0.15) is 6.92 Å². The van der Waals surface area contributed by atoms with E-state index in [1.807, 2.05) is 31.2 Å². The fraction of sp³-hybridized carbons (Fsp3) is 0.167. The first-order valence-electron chi connectivity index (χ1n) is 7.94. The molecule has 0 amide bonds. The minimum Gasteiger partial charge on any atom is -0.394 e. The van der Waals surface area contributed by atoms with Crippen LogP contribution in [0.4, 0.5) is 17.5 Å². The Labute approximate surface area is 161 Å². The van der Waals surface area contributed by atoms with Gasteiger partial charge in [0.1, 0.15) is 5.82 Å². The Morgan fingerprint density at radius 2 is 1.96 bits per heavy atom. The van der Waals surface area contributed by atoms with E-state index < -0.39 is 0 Å². The molecule has 3 aromatic rings. The van der Waals surface area contributed by atoms with Crippen LogP contribution < -0.4 is 10.6 Å². The smallest absolute Gasteiger partial charge is 0.225 e. The first kappa shape index (κ1) is 18.4. The predicted molar refractivity (Wildman–Crippen MR) is 105 cm³/mol. The van der Waals surface area contributed by atoms with Crippen LogP contribution in [0, 0.1) is 0 Å². The van der Waals surface area contributed by atoms with Crippen LogP contribution in [0.3, 0.4) is 0 Å². The van der Waals surface area contributed by atoms with Crippen molar-refractivity contribution in [3.8, 4) is 11.3 Å². The van der Waals surface area contributed by atoms with Gasteiger partial charge >= 0.3 is 0 Å². The van der Waals surface area contributed by atoms with Crippen LogP contribution in [0.25, 0.3) is 11.3 Å². The van der Waals surface area contributed by atoms with Gasteiger partial charge in [0.2, 0.25) is 5.95 Å². The second-order valence-electron chi connectivity index (χ2n) is 5.69. The van der Waals surface area contributed by atoms with E-state index >= 15 is 0 Å². The molecule has 0 spiro atoms. The summed E-state index contributed by atoms with van der Waals surface area (Å²) in [6, 6.07) is 10.6. The Kier molecular flexibility index (Phi) is 5.88. The molecule has 0 saturated carbocycles. The Bertz CT molecular complexity index is 892. The van der Waals surface area contributed by atoms with Crippen molar-refractivity contribution in [1.29, 1.82) is 0 Å². The summed E-state index contributed by atoms with van der Waals surface area (Å²) in [5, 5.41) is 16.5. The number of aliphatic hydroxyl groups excluding tert-OH is 1. The lowest BCUT2D eigenvalue weighted by atomic mass is 10.2. The molecule has 3 N–H and O–H groups in total. The van der Waals surface area contributed by atoms with Crippen LogP contribution in [-0.2, 0) is 0 Å². The summed E-state index contributed by atoms with van der Waals surface area (Å²) in [5.41, 5.74) is 2.30. The monoisotopic (exact) mass is 389 g/mol. The van der Waals surface area contributed by atoms with Crippen molar-refractivity contribution < 1.29 is 5.11 Å². The van der Waals surface area contributed by atoms with Crippen LogP contribution in [0.5, 0.6) is 0 Å². The molecule has 0 aliphatic heterocycles. The van der Waals surface area contributed by atoms with Gasteiger partial charge in [0.05, 0.1) is 22.3 Å². The number of nitrogens with one attached hydrogen (secondary N) is 2. The van der Waals surface area contributed by atoms with Crippen LogP contribution in [-0.4, -0.2) is 32.7 Å². The number of aromatic nitrogens is 3. The molecule has 0 aliphatic rings. The molecule has 6 nitrogen and oxygen atoms in total. The number of pyridine rings is 1. The number of benzene rings is 1. The molecule has 0 unspecified atom stereocenters. The van der Waals surface area contributed by atoms with Crippen molar-refractivity contribution in [2.45, 2.75) is 13.0 Å². The fourth-order valence-corrected chi connectivity index (χ4v) is 2.52. The largest absolute Gasteiger partial charge is 0.394 e. The van der Waals surface area contributed by atoms with Gasteiger partial charge in [0.25, 0.3) is 0 Å². The summed E-state index contributed by atoms with van der Waals surface area (Å²) < 4.78 is 0. The molecule has 8 heteroatoms. The highest BCUT2D eigenvalue weighted by Gasteiger charge is 2.10. The molecule has 2 heterocycles. The third-order valence-electron chi connectivity index (χ3n) is 3.52. The average molecular weight is 390 g/mol. The van der Waals surface area contributed by atoms with Crippen LogP contribution in [0.15, 0.2) is 48.8 Å². The van der Waals surface area contributed by atoms with Gasteiger partial charge in [-0.25, -0.2) is 4.98 Å². The average Bonchev–Trinajstić information content (AvgIpc) is 2.65. The first-order chi connectivity index (χ1) is 12.5. The molecule has 0 radical (unpaired) electrons. The molecule has 1 atom stereocenters. The van der Waals surface area contributed by atoms with Gasteiger partial charge in [0, 0.05) is 35.8 Å². The Morgan fingerprint density at radius 3 is 2.65 bits per heavy atom. The molecule has 1 aromatic carbocycles. The molecule has 2 aromatic heterocycles. The second kappa shape index (κ2) is 8.31. The Balaban J connectivity index is 1.97. The zero-order valence-corrected chi connectivity index (χ0v) is 15.5. The standard InChI is InChI=1S/C18H17Cl2N5O/c1-11(10-26)22-18-24-16(12-3-2-6-21-9-12)8-17(25-18)23-13-4-5-14(19)15(20)7-13/h2-9,11,26H,10H2,1H3,(H2,22,23,24,25)/t11-/m1/s1. The molecule has 26 heavy (non-hydrogen) atoms. The lowest BCUT2D eigenvalue weighted by Crippen LogP contribution is -2.21. The third-order valence-corrected chi connectivity index (χ3v) is 4.26. The molecule has 0 saturated heterocycles. The van der Waals surface area contributed by atoms with E-state index in [0.717, 1.165) is 11.3 Å². The molecule has 0 aliphatic carbocycles. The SMILES string of the molecule is C[C@H](CO)Nc1nc(Nc2ccc(Cl)c(Cl)c2)cc(-c2cccnc2)n1. The predicted octanol–water partition coefficient (Wildman–Crippen LogP) is 4.38. The number of anilines is 3. The van der Waals surface area contributed by atoms with Crippen molar-refractivity contribution in [3.05, 3.63) is 58.8 Å². The minimum atomic E-state index is -0.183. The van der Waals surface area contributed by atoms with Gasteiger partial charge in [-0.1, -0.05) is 23.2 Å². The van der Waals surface area contributed by atoms with Crippen molar-refractivity contribution >= 4 is 40.7 Å². The lowest BCUT2D eigenvalue weighted by Gasteiger charge is -2.14. The van der Waals surface area contributed by atoms with Gasteiger partial charge < -0.3 is 15.7 Å². The second-order valence-corrected chi connectivity index (χ2v) is 6.50. The summed E-state index contributed by atoms with van der Waals surface area (Å²) >= 11 is 12.0. The zero-order chi connectivity index (χ0) is 18.5. The highest BCUT2D eigenvalue weighted by atomic mass is 35.5. The molecule has 3 rings (SSSR count). The molecule has 0 fully saturated rings. The van der Waals surface area contributed by atoms with Gasteiger partial charge in [-0.2, -0.15) is 4.98 Å². The van der Waals surface area contributed by atoms with Gasteiger partial charge in [-0.15, -0.1) is 0 Å². The third kappa shape index (κ3) is 4.60. The van der Waals surface area contributed by atoms with Crippen molar-refractivity contribution in [2.75, 3.05) is 17.2 Å². The van der Waals surface area contributed by atoms with Gasteiger partial charge in [-0.3, -0.25) is 4.98 Å². The summed E-state index contributed by atoms with van der Waals surface area (Å²) in [4.78, 5) is 13.1. The van der Waals surface area contributed by atoms with Crippen molar-refractivity contribution in [3.63, 3.8) is 0 Å². The molecular formula is C18H17Cl2N5O. The maximum Gasteiger partial charge on any atom is 0.225 e. The van der Waals surface area contributed by atoms with E-state index in [0.29, 0.717) is 27.5 Å². The number of rotatable bonds is 6. The van der Waals surface area contributed by atoms with Crippen LogP contribution >= 0.6 is 23.2 Å². The first-order valence-corrected chi connectivity index (χ1v) is 8.69. The number of aliphatic hydroxyl groups is 1. The van der Waals surface area contributed by atoms with E-state index in [1.54, 1.807) is 24.5 Å². The van der Waals surface area contributed by atoms with E-state index in [1.165, 1.54) is 0 Å². The van der Waals surface area contributed by atoms with Crippen LogP contribution in [0.2, 0.25) is 10.0 Å². The zero-order valence-electron chi connectivity index (χ0n) is 13.9. The summed E-state index contributed by atoms with van der Waals surface area (Å²) in [6.07, 6.45) is 3.43. The Hall–Kier alpha value is -2.41. The molecule has 134 valence electrons. The number of hydrogen-bond donors (Lipinski definition) is 3. The highest BCUT2D eigenvalue weighted by Crippen LogP contribution is 2.28. The highest BCUT2D eigenvalue weighted by molar-refractivity contribution is 6.42. The maximum absolute atomic E-state index is 9.27. The van der Waals surface area contributed by atoms with Crippen molar-refractivity contribution in [1.82, 2.24) is 15.0 Å². The molecule has 0 bridgehead atoms. The quantitative estimate of drug-likeness (QED) is 0.579. The van der Waals surface area contributed by atoms with E-state index in [4.69, 9.17) is 23.2 Å². The summed E-state index contributed by atoms with van der Waals surface area (Å²) in [6.45, 7) is 1.81. The minimum absolute atomic E-state index is 0.0317. The van der Waals surface area contributed by atoms with E-state index in [-0.39, 0.29) is 12.6 Å². The number of hydrogen-bond acceptors (Lipinski definition) is 6. The summed E-state index contributed by atoms with van der Waals surface area (Å²) in [5.74, 6) is 0.973. The van der Waals surface area contributed by atoms with Gasteiger partial charge in [-0.05, 0) is 37.3 Å². The number of halogens is 2. The van der Waals surface area contributed by atoms with Gasteiger partial charge in [0.15, 0.2) is 0 Å². The fourth-order valence-electron chi connectivity index (χ4n) is 2.23. The van der Waals surface area contributed by atoms with E-state index in [2.05, 4.69) is 25.6 Å².